The van der Waals surface area contributed by atoms with Gasteiger partial charge in [0.15, 0.2) is 0 Å². The van der Waals surface area contributed by atoms with Crippen LogP contribution >= 0.6 is 0 Å². The normalized spacial score (nSPS) is 27.2. The van der Waals surface area contributed by atoms with Crippen molar-refractivity contribution < 1.29 is 4.74 Å². The van der Waals surface area contributed by atoms with Crippen molar-refractivity contribution in [2.24, 2.45) is 5.41 Å². The average molecular weight is 270 g/mol. The Morgan fingerprint density at radius 2 is 2.11 bits per heavy atom. The van der Waals surface area contributed by atoms with Crippen LogP contribution in [0.25, 0.3) is 0 Å². The van der Waals surface area contributed by atoms with Crippen LogP contribution in [-0.2, 0) is 4.74 Å². The van der Waals surface area contributed by atoms with Crippen LogP contribution in [0.2, 0.25) is 0 Å². The topological polar surface area (TPSA) is 24.5 Å². The lowest BCUT2D eigenvalue weighted by Crippen LogP contribution is -2.47. The van der Waals surface area contributed by atoms with Crippen LogP contribution in [0.4, 0.5) is 0 Å². The highest BCUT2D eigenvalue weighted by molar-refractivity contribution is 4.86. The van der Waals surface area contributed by atoms with E-state index in [9.17, 15) is 0 Å². The molecule has 1 aliphatic heterocycles. The molecule has 3 atom stereocenters. The maximum Gasteiger partial charge on any atom is 0.0702 e. The Morgan fingerprint density at radius 3 is 2.58 bits per heavy atom. The van der Waals surface area contributed by atoms with E-state index >= 15 is 0 Å². The van der Waals surface area contributed by atoms with E-state index in [0.717, 1.165) is 19.7 Å². The fraction of sp³-hybridized carbons (Fsp3) is 1.00. The van der Waals surface area contributed by atoms with E-state index in [1.54, 1.807) is 0 Å². The van der Waals surface area contributed by atoms with Crippen molar-refractivity contribution in [2.75, 3.05) is 26.7 Å². The number of hydrogen-bond acceptors (Lipinski definition) is 3. The van der Waals surface area contributed by atoms with Gasteiger partial charge >= 0.3 is 0 Å². The first-order valence-corrected chi connectivity index (χ1v) is 7.93. The van der Waals surface area contributed by atoms with Gasteiger partial charge in [-0.05, 0) is 32.2 Å². The Labute approximate surface area is 120 Å². The summed E-state index contributed by atoms with van der Waals surface area (Å²) in [4.78, 5) is 2.52. The third-order valence-corrected chi connectivity index (χ3v) is 4.32. The SMILES string of the molecule is CCCC(C)(CNC(C)C)CN(C)C1CCOC1C. The number of ether oxygens (including phenoxy) is 1. The average Bonchev–Trinajstić information content (AvgIpc) is 2.73. The summed E-state index contributed by atoms with van der Waals surface area (Å²) in [7, 11) is 2.26. The maximum absolute atomic E-state index is 5.70. The summed E-state index contributed by atoms with van der Waals surface area (Å²) in [6.45, 7) is 14.5. The second kappa shape index (κ2) is 7.61. The van der Waals surface area contributed by atoms with Crippen molar-refractivity contribution in [2.45, 2.75) is 72.1 Å². The lowest BCUT2D eigenvalue weighted by atomic mass is 9.84. The second-order valence-electron chi connectivity index (χ2n) is 6.94. The van der Waals surface area contributed by atoms with Gasteiger partial charge in [-0.1, -0.05) is 34.1 Å². The molecule has 0 amide bonds. The largest absolute Gasteiger partial charge is 0.377 e. The minimum Gasteiger partial charge on any atom is -0.377 e. The zero-order valence-electron chi connectivity index (χ0n) is 13.8. The van der Waals surface area contributed by atoms with Gasteiger partial charge in [0.25, 0.3) is 0 Å². The van der Waals surface area contributed by atoms with Gasteiger partial charge in [-0.15, -0.1) is 0 Å². The molecule has 0 radical (unpaired) electrons. The van der Waals surface area contributed by atoms with Crippen molar-refractivity contribution >= 4 is 0 Å². The van der Waals surface area contributed by atoms with Gasteiger partial charge in [0.05, 0.1) is 6.10 Å². The molecule has 1 saturated heterocycles. The van der Waals surface area contributed by atoms with Gasteiger partial charge < -0.3 is 15.0 Å². The summed E-state index contributed by atoms with van der Waals surface area (Å²) in [5.41, 5.74) is 0.357. The zero-order chi connectivity index (χ0) is 14.5. The van der Waals surface area contributed by atoms with Crippen LogP contribution in [0.15, 0.2) is 0 Å². The van der Waals surface area contributed by atoms with Crippen LogP contribution in [0.3, 0.4) is 0 Å². The standard InChI is InChI=1S/C16H34N2O/c1-7-9-16(5,11-17-13(2)3)12-18(6)15-8-10-19-14(15)4/h13-15,17H,7-12H2,1-6H3. The molecule has 0 bridgehead atoms. The van der Waals surface area contributed by atoms with E-state index in [1.165, 1.54) is 19.3 Å². The van der Waals surface area contributed by atoms with E-state index in [2.05, 4.69) is 51.9 Å². The predicted molar refractivity (Wildman–Crippen MR) is 82.6 cm³/mol. The van der Waals surface area contributed by atoms with E-state index in [4.69, 9.17) is 4.74 Å². The Balaban J connectivity index is 2.55. The first-order chi connectivity index (χ1) is 8.88. The van der Waals surface area contributed by atoms with E-state index in [0.29, 0.717) is 23.6 Å². The molecular formula is C16H34N2O. The van der Waals surface area contributed by atoms with Crippen LogP contribution in [-0.4, -0.2) is 49.8 Å². The second-order valence-corrected chi connectivity index (χ2v) is 6.94. The molecule has 3 heteroatoms. The van der Waals surface area contributed by atoms with Crippen LogP contribution in [0.5, 0.6) is 0 Å². The Kier molecular flexibility index (Phi) is 6.78. The van der Waals surface area contributed by atoms with Crippen molar-refractivity contribution in [3.8, 4) is 0 Å². The van der Waals surface area contributed by atoms with Gasteiger partial charge in [-0.2, -0.15) is 0 Å². The summed E-state index contributed by atoms with van der Waals surface area (Å²) < 4.78 is 5.70. The first kappa shape index (κ1) is 16.9. The molecule has 3 unspecified atom stereocenters. The minimum atomic E-state index is 0.357. The van der Waals surface area contributed by atoms with E-state index in [1.807, 2.05) is 0 Å². The highest BCUT2D eigenvalue weighted by atomic mass is 16.5. The fourth-order valence-electron chi connectivity index (χ4n) is 3.30. The molecule has 0 aromatic rings. The number of rotatable bonds is 8. The summed E-state index contributed by atoms with van der Waals surface area (Å²) in [6.07, 6.45) is 4.09. The fourth-order valence-corrected chi connectivity index (χ4v) is 3.30. The molecule has 0 aromatic carbocycles. The molecule has 1 aliphatic rings. The Hall–Kier alpha value is -0.120. The number of hydrogen-bond donors (Lipinski definition) is 1. The van der Waals surface area contributed by atoms with Gasteiger partial charge in [-0.3, -0.25) is 0 Å². The number of nitrogens with one attached hydrogen (secondary N) is 1. The minimum absolute atomic E-state index is 0.357. The van der Waals surface area contributed by atoms with Crippen LogP contribution in [0.1, 0.15) is 53.9 Å². The third kappa shape index (κ3) is 5.41. The monoisotopic (exact) mass is 270 g/mol. The van der Waals surface area contributed by atoms with Crippen molar-refractivity contribution in [1.29, 1.82) is 0 Å². The van der Waals surface area contributed by atoms with Crippen molar-refractivity contribution in [3.05, 3.63) is 0 Å². The molecule has 1 fully saturated rings. The molecule has 19 heavy (non-hydrogen) atoms. The van der Waals surface area contributed by atoms with Crippen molar-refractivity contribution in [3.63, 3.8) is 0 Å². The molecule has 114 valence electrons. The summed E-state index contributed by atoms with van der Waals surface area (Å²) >= 11 is 0. The third-order valence-electron chi connectivity index (χ3n) is 4.32. The molecule has 3 nitrogen and oxygen atoms in total. The summed E-state index contributed by atoms with van der Waals surface area (Å²) in [5, 5.41) is 3.62. The van der Waals surface area contributed by atoms with Crippen LogP contribution in [0, 0.1) is 5.41 Å². The van der Waals surface area contributed by atoms with E-state index < -0.39 is 0 Å². The van der Waals surface area contributed by atoms with Crippen LogP contribution < -0.4 is 5.32 Å². The highest BCUT2D eigenvalue weighted by Gasteiger charge is 2.32. The van der Waals surface area contributed by atoms with Gasteiger partial charge in [0.1, 0.15) is 0 Å². The smallest absolute Gasteiger partial charge is 0.0702 e. The summed E-state index contributed by atoms with van der Waals surface area (Å²) in [6, 6.07) is 1.16. The molecule has 0 aliphatic carbocycles. The molecule has 0 aromatic heterocycles. The molecular weight excluding hydrogens is 236 g/mol. The maximum atomic E-state index is 5.70. The molecule has 1 N–H and O–H groups in total. The predicted octanol–water partition coefficient (Wildman–Crippen LogP) is 2.90. The highest BCUT2D eigenvalue weighted by Crippen LogP contribution is 2.27. The lowest BCUT2D eigenvalue weighted by Gasteiger charge is -2.38. The van der Waals surface area contributed by atoms with Gasteiger partial charge in [0.2, 0.25) is 0 Å². The zero-order valence-corrected chi connectivity index (χ0v) is 13.8. The van der Waals surface area contributed by atoms with Crippen molar-refractivity contribution in [1.82, 2.24) is 10.2 Å². The lowest BCUT2D eigenvalue weighted by molar-refractivity contribution is 0.0636. The molecule has 1 rings (SSSR count). The summed E-state index contributed by atoms with van der Waals surface area (Å²) in [5.74, 6) is 0. The number of nitrogens with zero attached hydrogens (tertiary/aromatic N) is 1. The quantitative estimate of drug-likeness (QED) is 0.734. The molecule has 0 spiro atoms. The number of likely N-dealkylation sites (N-methyl/N-ethyl adjacent to an activating group) is 1. The first-order valence-electron chi connectivity index (χ1n) is 7.93. The van der Waals surface area contributed by atoms with Gasteiger partial charge in [0, 0.05) is 31.8 Å². The molecule has 0 saturated carbocycles. The Morgan fingerprint density at radius 1 is 1.42 bits per heavy atom. The molecule has 1 heterocycles. The van der Waals surface area contributed by atoms with E-state index in [-0.39, 0.29) is 0 Å². The Bertz CT molecular complexity index is 257. The van der Waals surface area contributed by atoms with Gasteiger partial charge in [-0.25, -0.2) is 0 Å².